The maximum atomic E-state index is 4.56. The Morgan fingerprint density at radius 3 is 1.85 bits per heavy atom. The van der Waals surface area contributed by atoms with Crippen LogP contribution >= 0.6 is 0 Å². The summed E-state index contributed by atoms with van der Waals surface area (Å²) < 4.78 is 0. The van der Waals surface area contributed by atoms with Crippen molar-refractivity contribution >= 4 is 11.3 Å². The molecule has 0 saturated heterocycles. The molecule has 20 heavy (non-hydrogen) atoms. The second kappa shape index (κ2) is 6.67. The Morgan fingerprint density at radius 2 is 1.35 bits per heavy atom. The van der Waals surface area contributed by atoms with E-state index in [9.17, 15) is 0 Å². The van der Waals surface area contributed by atoms with Crippen molar-refractivity contribution in [3.8, 4) is 0 Å². The van der Waals surface area contributed by atoms with Gasteiger partial charge in [0.25, 0.3) is 0 Å². The molecule has 2 aromatic carbocycles. The molecule has 0 atom stereocenters. The summed E-state index contributed by atoms with van der Waals surface area (Å²) in [5, 5.41) is 0. The molecule has 0 heterocycles. The van der Waals surface area contributed by atoms with Crippen LogP contribution in [-0.4, -0.2) is 5.71 Å². The molecule has 0 aliphatic rings. The van der Waals surface area contributed by atoms with Gasteiger partial charge in [-0.05, 0) is 31.1 Å². The van der Waals surface area contributed by atoms with Crippen LogP contribution in [0.3, 0.4) is 0 Å². The van der Waals surface area contributed by atoms with Crippen LogP contribution in [0, 0.1) is 0 Å². The number of hydrogen-bond donors (Lipinski definition) is 0. The fourth-order valence-corrected chi connectivity index (χ4v) is 1.98. The van der Waals surface area contributed by atoms with Gasteiger partial charge in [-0.2, -0.15) is 0 Å². The van der Waals surface area contributed by atoms with Crippen LogP contribution < -0.4 is 0 Å². The molecule has 0 radical (unpaired) electrons. The Balaban J connectivity index is 2.42. The summed E-state index contributed by atoms with van der Waals surface area (Å²) in [6.07, 6.45) is 2.11. The zero-order valence-electron chi connectivity index (χ0n) is 12.0. The lowest BCUT2D eigenvalue weighted by Crippen LogP contribution is -1.98. The third kappa shape index (κ3) is 3.79. The van der Waals surface area contributed by atoms with Gasteiger partial charge in [-0.1, -0.05) is 67.2 Å². The van der Waals surface area contributed by atoms with E-state index in [4.69, 9.17) is 0 Å². The molecule has 2 aromatic rings. The number of aliphatic imine (C=N–C) groups is 1. The first-order valence-electron chi connectivity index (χ1n) is 6.70. The lowest BCUT2D eigenvalue weighted by Gasteiger charge is -2.06. The molecule has 0 bridgehead atoms. The molecular weight excluding hydrogens is 242 g/mol. The minimum Gasteiger partial charge on any atom is -0.254 e. The molecule has 0 N–H and O–H groups in total. The van der Waals surface area contributed by atoms with Crippen LogP contribution in [0.5, 0.6) is 0 Å². The first-order chi connectivity index (χ1) is 9.66. The largest absolute Gasteiger partial charge is 0.254 e. The quantitative estimate of drug-likeness (QED) is 0.678. The fraction of sp³-hybridized carbons (Fsp3) is 0.105. The third-order valence-corrected chi connectivity index (χ3v) is 2.96. The molecule has 0 aliphatic carbocycles. The topological polar surface area (TPSA) is 12.4 Å². The molecule has 2 rings (SSSR count). The van der Waals surface area contributed by atoms with Crippen LogP contribution in [0.1, 0.15) is 25.0 Å². The van der Waals surface area contributed by atoms with E-state index in [-0.39, 0.29) is 0 Å². The molecule has 0 spiro atoms. The molecule has 0 unspecified atom stereocenters. The van der Waals surface area contributed by atoms with Gasteiger partial charge in [0.15, 0.2) is 0 Å². The predicted molar refractivity (Wildman–Crippen MR) is 87.9 cm³/mol. The summed E-state index contributed by atoms with van der Waals surface area (Å²) in [5.41, 5.74) is 5.25. The Bertz CT molecular complexity index is 634. The van der Waals surface area contributed by atoms with E-state index in [2.05, 4.69) is 48.8 Å². The van der Waals surface area contributed by atoms with E-state index >= 15 is 0 Å². The molecule has 1 nitrogen and oxygen atoms in total. The molecular formula is C19H19N. The first kappa shape index (κ1) is 14.0. The van der Waals surface area contributed by atoms with Crippen molar-refractivity contribution in [3.05, 3.63) is 90.1 Å². The van der Waals surface area contributed by atoms with Crippen LogP contribution in [-0.2, 0) is 0 Å². The van der Waals surface area contributed by atoms with Crippen molar-refractivity contribution in [2.75, 3.05) is 0 Å². The maximum Gasteiger partial charge on any atom is 0.0707 e. The van der Waals surface area contributed by atoms with Crippen molar-refractivity contribution in [2.24, 2.45) is 4.99 Å². The van der Waals surface area contributed by atoms with E-state index in [1.54, 1.807) is 0 Å². The van der Waals surface area contributed by atoms with E-state index in [0.717, 1.165) is 17.0 Å². The van der Waals surface area contributed by atoms with Gasteiger partial charge >= 0.3 is 0 Å². The Hall–Kier alpha value is -2.41. The summed E-state index contributed by atoms with van der Waals surface area (Å²) in [4.78, 5) is 4.56. The SMILES string of the molecule is C=C(C)N=C(/C=C(\C)c1ccccc1)c1ccccc1. The average Bonchev–Trinajstić information content (AvgIpc) is 2.48. The summed E-state index contributed by atoms with van der Waals surface area (Å²) >= 11 is 0. The number of rotatable bonds is 4. The van der Waals surface area contributed by atoms with Gasteiger partial charge in [0, 0.05) is 11.3 Å². The monoisotopic (exact) mass is 261 g/mol. The summed E-state index contributed by atoms with van der Waals surface area (Å²) in [7, 11) is 0. The molecule has 1 heteroatoms. The second-order valence-corrected chi connectivity index (χ2v) is 4.79. The summed E-state index contributed by atoms with van der Waals surface area (Å²) in [6, 6.07) is 20.5. The zero-order valence-corrected chi connectivity index (χ0v) is 12.0. The standard InChI is InChI=1S/C19H19N/c1-15(2)20-19(18-12-8-5-9-13-18)14-16(3)17-10-6-4-7-11-17/h4-14H,1H2,2-3H3/b16-14+,20-19?. The van der Waals surface area contributed by atoms with Crippen molar-refractivity contribution in [2.45, 2.75) is 13.8 Å². The molecule has 0 aliphatic heterocycles. The maximum absolute atomic E-state index is 4.56. The van der Waals surface area contributed by atoms with Crippen molar-refractivity contribution < 1.29 is 0 Å². The van der Waals surface area contributed by atoms with Crippen molar-refractivity contribution in [1.82, 2.24) is 0 Å². The Labute approximate surface area is 121 Å². The van der Waals surface area contributed by atoms with Crippen molar-refractivity contribution in [1.29, 1.82) is 0 Å². The van der Waals surface area contributed by atoms with Gasteiger partial charge < -0.3 is 0 Å². The third-order valence-electron chi connectivity index (χ3n) is 2.96. The lowest BCUT2D eigenvalue weighted by molar-refractivity contribution is 1.32. The van der Waals surface area contributed by atoms with Crippen molar-refractivity contribution in [3.63, 3.8) is 0 Å². The smallest absolute Gasteiger partial charge is 0.0707 e. The Kier molecular flexibility index (Phi) is 4.67. The van der Waals surface area contributed by atoms with E-state index < -0.39 is 0 Å². The molecule has 100 valence electrons. The molecule has 0 fully saturated rings. The van der Waals surface area contributed by atoms with Gasteiger partial charge in [-0.15, -0.1) is 0 Å². The fourth-order valence-electron chi connectivity index (χ4n) is 1.98. The first-order valence-corrected chi connectivity index (χ1v) is 6.70. The molecule has 0 amide bonds. The zero-order chi connectivity index (χ0) is 14.4. The van der Waals surface area contributed by atoms with Gasteiger partial charge in [0.05, 0.1) is 5.71 Å². The van der Waals surface area contributed by atoms with Gasteiger partial charge in [-0.25, -0.2) is 0 Å². The molecule has 0 aromatic heterocycles. The van der Waals surface area contributed by atoms with Gasteiger partial charge in [0.1, 0.15) is 0 Å². The lowest BCUT2D eigenvalue weighted by atomic mass is 10.0. The van der Waals surface area contributed by atoms with E-state index in [1.807, 2.05) is 43.3 Å². The van der Waals surface area contributed by atoms with Gasteiger partial charge in [0.2, 0.25) is 0 Å². The second-order valence-electron chi connectivity index (χ2n) is 4.79. The number of allylic oxidation sites excluding steroid dienone is 3. The Morgan fingerprint density at radius 1 is 0.850 bits per heavy atom. The number of nitrogens with zero attached hydrogens (tertiary/aromatic N) is 1. The van der Waals surface area contributed by atoms with Crippen LogP contribution in [0.4, 0.5) is 0 Å². The highest BCUT2D eigenvalue weighted by atomic mass is 14.7. The van der Waals surface area contributed by atoms with Crippen LogP contribution in [0.2, 0.25) is 0 Å². The van der Waals surface area contributed by atoms with E-state index in [1.165, 1.54) is 11.1 Å². The normalized spacial score (nSPS) is 12.3. The number of benzene rings is 2. The minimum atomic E-state index is 0.806. The predicted octanol–water partition coefficient (Wildman–Crippen LogP) is 5.11. The van der Waals surface area contributed by atoms with Gasteiger partial charge in [-0.3, -0.25) is 4.99 Å². The molecule has 0 saturated carbocycles. The average molecular weight is 261 g/mol. The highest BCUT2D eigenvalue weighted by molar-refractivity contribution is 6.12. The van der Waals surface area contributed by atoms with Crippen LogP contribution in [0.25, 0.3) is 5.57 Å². The number of hydrogen-bond acceptors (Lipinski definition) is 1. The summed E-state index contributed by atoms with van der Waals surface area (Å²) in [6.45, 7) is 7.90. The highest BCUT2D eigenvalue weighted by Gasteiger charge is 2.02. The van der Waals surface area contributed by atoms with E-state index in [0.29, 0.717) is 0 Å². The minimum absolute atomic E-state index is 0.806. The highest BCUT2D eigenvalue weighted by Crippen LogP contribution is 2.15. The van der Waals surface area contributed by atoms with Crippen LogP contribution in [0.15, 0.2) is 84.0 Å². The summed E-state index contributed by atoms with van der Waals surface area (Å²) in [5.74, 6) is 0.